The average Bonchev–Trinajstić information content (AvgIpc) is 2.66. The molecule has 0 N–H and O–H groups in total. The van der Waals surface area contributed by atoms with Gasteiger partial charge in [-0.25, -0.2) is 4.79 Å². The highest BCUT2D eigenvalue weighted by atomic mass is 16.6. The summed E-state index contributed by atoms with van der Waals surface area (Å²) >= 11 is 0. The number of nitro groups is 2. The van der Waals surface area contributed by atoms with Gasteiger partial charge in [0, 0.05) is 44.1 Å². The standard InChI is InChI=1S/C17H17N3O7/c1-2-17(22)27-14-7-9-18(10-8-14)16(21)6-4-12-3-5-13(19(23)24)11-15(12)20(25)26/h2-6,11,14H,1,7-10H2/b6-4+. The van der Waals surface area contributed by atoms with Crippen molar-refractivity contribution in [3.8, 4) is 0 Å². The van der Waals surface area contributed by atoms with Crippen molar-refractivity contribution in [1.29, 1.82) is 0 Å². The molecule has 27 heavy (non-hydrogen) atoms. The maximum Gasteiger partial charge on any atom is 0.330 e. The van der Waals surface area contributed by atoms with Gasteiger partial charge in [0.2, 0.25) is 5.91 Å². The van der Waals surface area contributed by atoms with Gasteiger partial charge in [0.15, 0.2) is 0 Å². The van der Waals surface area contributed by atoms with Crippen molar-refractivity contribution in [2.24, 2.45) is 0 Å². The number of carbonyl (C=O) groups excluding carboxylic acids is 2. The number of ether oxygens (including phenoxy) is 1. The number of hydrogen-bond donors (Lipinski definition) is 0. The number of benzene rings is 1. The number of rotatable bonds is 6. The molecule has 0 radical (unpaired) electrons. The van der Waals surface area contributed by atoms with E-state index in [9.17, 15) is 29.8 Å². The second-order valence-corrected chi connectivity index (χ2v) is 5.76. The second-order valence-electron chi connectivity index (χ2n) is 5.76. The molecular weight excluding hydrogens is 358 g/mol. The van der Waals surface area contributed by atoms with Crippen LogP contribution in [0.3, 0.4) is 0 Å². The molecular formula is C17H17N3O7. The number of piperidine rings is 1. The molecule has 0 atom stereocenters. The third-order valence-corrected chi connectivity index (χ3v) is 4.03. The quantitative estimate of drug-likeness (QED) is 0.322. The highest BCUT2D eigenvalue weighted by Crippen LogP contribution is 2.25. The zero-order valence-electron chi connectivity index (χ0n) is 14.3. The van der Waals surface area contributed by atoms with Gasteiger partial charge in [0.25, 0.3) is 11.4 Å². The van der Waals surface area contributed by atoms with Crippen LogP contribution < -0.4 is 0 Å². The third kappa shape index (κ3) is 5.21. The molecule has 1 fully saturated rings. The van der Waals surface area contributed by atoms with Gasteiger partial charge in [-0.1, -0.05) is 6.58 Å². The van der Waals surface area contributed by atoms with E-state index in [1.807, 2.05) is 0 Å². The molecule has 1 aromatic rings. The van der Waals surface area contributed by atoms with Crippen molar-refractivity contribution in [2.75, 3.05) is 13.1 Å². The third-order valence-electron chi connectivity index (χ3n) is 4.03. The number of esters is 1. The van der Waals surface area contributed by atoms with Crippen LogP contribution in [0.1, 0.15) is 18.4 Å². The first-order valence-corrected chi connectivity index (χ1v) is 8.04. The largest absolute Gasteiger partial charge is 0.459 e. The van der Waals surface area contributed by atoms with E-state index < -0.39 is 27.2 Å². The van der Waals surface area contributed by atoms with Gasteiger partial charge >= 0.3 is 5.97 Å². The molecule has 0 saturated carbocycles. The van der Waals surface area contributed by atoms with Crippen LogP contribution in [0, 0.1) is 20.2 Å². The van der Waals surface area contributed by atoms with Gasteiger partial charge in [-0.05, 0) is 12.1 Å². The molecule has 0 aliphatic carbocycles. The van der Waals surface area contributed by atoms with Crippen LogP contribution in [0.5, 0.6) is 0 Å². The topological polar surface area (TPSA) is 133 Å². The Balaban J connectivity index is 2.03. The SMILES string of the molecule is C=CC(=O)OC1CCN(C(=O)/C=C/c2ccc([N+](=O)[O-])cc2[N+](=O)[O-])CC1. The molecule has 1 heterocycles. The molecule has 1 aliphatic heterocycles. The Morgan fingerprint density at radius 1 is 1.19 bits per heavy atom. The number of amides is 1. The van der Waals surface area contributed by atoms with Crippen LogP contribution >= 0.6 is 0 Å². The first kappa shape index (κ1) is 19.8. The van der Waals surface area contributed by atoms with Crippen LogP contribution in [-0.4, -0.2) is 45.8 Å². The zero-order valence-corrected chi connectivity index (χ0v) is 14.3. The molecule has 142 valence electrons. The maximum absolute atomic E-state index is 12.2. The number of likely N-dealkylation sites (tertiary alicyclic amines) is 1. The number of carbonyl (C=O) groups is 2. The van der Waals surface area contributed by atoms with E-state index >= 15 is 0 Å². The van der Waals surface area contributed by atoms with Gasteiger partial charge in [-0.3, -0.25) is 25.0 Å². The fourth-order valence-electron chi connectivity index (χ4n) is 2.62. The summed E-state index contributed by atoms with van der Waals surface area (Å²) in [5.74, 6) is -0.860. The molecule has 10 nitrogen and oxygen atoms in total. The highest BCUT2D eigenvalue weighted by molar-refractivity contribution is 5.92. The summed E-state index contributed by atoms with van der Waals surface area (Å²) in [5, 5.41) is 21.8. The lowest BCUT2D eigenvalue weighted by Gasteiger charge is -2.30. The molecule has 1 aliphatic rings. The van der Waals surface area contributed by atoms with E-state index in [1.165, 1.54) is 23.1 Å². The molecule has 0 bridgehead atoms. The van der Waals surface area contributed by atoms with E-state index in [0.29, 0.717) is 25.9 Å². The number of hydrogen-bond acceptors (Lipinski definition) is 7. The monoisotopic (exact) mass is 375 g/mol. The molecule has 1 saturated heterocycles. The summed E-state index contributed by atoms with van der Waals surface area (Å²) in [4.78, 5) is 45.3. The summed E-state index contributed by atoms with van der Waals surface area (Å²) in [6, 6.07) is 3.21. The summed E-state index contributed by atoms with van der Waals surface area (Å²) in [6.07, 6.45) is 4.21. The van der Waals surface area contributed by atoms with E-state index in [1.54, 1.807) is 0 Å². The molecule has 0 spiro atoms. The Kier molecular flexibility index (Phi) is 6.36. The Bertz CT molecular complexity index is 811. The van der Waals surface area contributed by atoms with Crippen molar-refractivity contribution in [2.45, 2.75) is 18.9 Å². The Morgan fingerprint density at radius 2 is 1.85 bits per heavy atom. The van der Waals surface area contributed by atoms with E-state index in [0.717, 1.165) is 18.2 Å². The predicted molar refractivity (Wildman–Crippen MR) is 94.7 cm³/mol. The first-order chi connectivity index (χ1) is 12.8. The maximum atomic E-state index is 12.2. The normalized spacial score (nSPS) is 14.7. The van der Waals surface area contributed by atoms with Crippen LogP contribution in [0.15, 0.2) is 36.9 Å². The van der Waals surface area contributed by atoms with Crippen molar-refractivity contribution in [1.82, 2.24) is 4.90 Å². The average molecular weight is 375 g/mol. The fraction of sp³-hybridized carbons (Fsp3) is 0.294. The molecule has 1 amide bonds. The van der Waals surface area contributed by atoms with Crippen LogP contribution in [0.4, 0.5) is 11.4 Å². The minimum Gasteiger partial charge on any atom is -0.459 e. The summed E-state index contributed by atoms with van der Waals surface area (Å²) in [5.41, 5.74) is -0.765. The smallest absolute Gasteiger partial charge is 0.330 e. The fourth-order valence-corrected chi connectivity index (χ4v) is 2.62. The molecule has 10 heteroatoms. The van der Waals surface area contributed by atoms with Gasteiger partial charge in [0.05, 0.1) is 21.5 Å². The molecule has 0 aromatic heterocycles. The molecule has 1 aromatic carbocycles. The lowest BCUT2D eigenvalue weighted by molar-refractivity contribution is -0.394. The van der Waals surface area contributed by atoms with Gasteiger partial charge in [-0.15, -0.1) is 0 Å². The predicted octanol–water partition coefficient (Wildman–Crippen LogP) is 2.24. The minimum absolute atomic E-state index is 0.0914. The summed E-state index contributed by atoms with van der Waals surface area (Å²) in [7, 11) is 0. The van der Waals surface area contributed by atoms with E-state index in [2.05, 4.69) is 6.58 Å². The lowest BCUT2D eigenvalue weighted by Crippen LogP contribution is -2.40. The number of non-ortho nitro benzene ring substituents is 1. The van der Waals surface area contributed by atoms with Gasteiger partial charge in [-0.2, -0.15) is 0 Å². The van der Waals surface area contributed by atoms with Crippen molar-refractivity contribution < 1.29 is 24.2 Å². The van der Waals surface area contributed by atoms with Crippen molar-refractivity contribution >= 4 is 29.3 Å². The Labute approximate surface area is 154 Å². The Morgan fingerprint density at radius 3 is 2.41 bits per heavy atom. The summed E-state index contributed by atoms with van der Waals surface area (Å²) in [6.45, 7) is 4.07. The Hall–Kier alpha value is -3.56. The second kappa shape index (κ2) is 8.70. The van der Waals surface area contributed by atoms with E-state index in [4.69, 9.17) is 4.74 Å². The highest BCUT2D eigenvalue weighted by Gasteiger charge is 2.24. The van der Waals surface area contributed by atoms with Crippen molar-refractivity contribution in [3.63, 3.8) is 0 Å². The van der Waals surface area contributed by atoms with Crippen molar-refractivity contribution in [3.05, 3.63) is 62.7 Å². The minimum atomic E-state index is -0.739. The van der Waals surface area contributed by atoms with Gasteiger partial charge < -0.3 is 9.64 Å². The first-order valence-electron chi connectivity index (χ1n) is 8.04. The number of nitrogens with zero attached hydrogens (tertiary/aromatic N) is 3. The van der Waals surface area contributed by atoms with E-state index in [-0.39, 0.29) is 17.6 Å². The number of nitro benzene ring substituents is 2. The van der Waals surface area contributed by atoms with Crippen LogP contribution in [-0.2, 0) is 14.3 Å². The van der Waals surface area contributed by atoms with Crippen LogP contribution in [0.25, 0.3) is 6.08 Å². The van der Waals surface area contributed by atoms with Gasteiger partial charge in [0.1, 0.15) is 6.10 Å². The lowest BCUT2D eigenvalue weighted by atomic mass is 10.1. The molecule has 0 unspecified atom stereocenters. The van der Waals surface area contributed by atoms with Crippen LogP contribution in [0.2, 0.25) is 0 Å². The summed E-state index contributed by atoms with van der Waals surface area (Å²) < 4.78 is 5.13. The zero-order chi connectivity index (χ0) is 20.0. The molecule has 2 rings (SSSR count).